The summed E-state index contributed by atoms with van der Waals surface area (Å²) < 4.78 is 11.0. The summed E-state index contributed by atoms with van der Waals surface area (Å²) in [6.45, 7) is 4.96. The van der Waals surface area contributed by atoms with E-state index in [2.05, 4.69) is 28.2 Å². The number of nitrogens with zero attached hydrogens (tertiary/aromatic N) is 2. The third kappa shape index (κ3) is 5.81. The Hall–Kier alpha value is -2.57. The van der Waals surface area contributed by atoms with E-state index in [-0.39, 0.29) is 6.61 Å². The maximum Gasteiger partial charge on any atom is 0.411 e. The molecular weight excluding hydrogens is 402 g/mol. The van der Waals surface area contributed by atoms with Crippen molar-refractivity contribution in [3.8, 4) is 5.75 Å². The molecule has 6 heteroatoms. The molecule has 6 nitrogen and oxygen atoms in total. The highest BCUT2D eigenvalue weighted by atomic mass is 16.5. The van der Waals surface area contributed by atoms with Gasteiger partial charge in [0.2, 0.25) is 0 Å². The first-order valence-electron chi connectivity index (χ1n) is 11.7. The minimum Gasteiger partial charge on any atom is -0.496 e. The van der Waals surface area contributed by atoms with Gasteiger partial charge >= 0.3 is 6.09 Å². The Bertz CT molecular complexity index is 873. The molecule has 0 aromatic heterocycles. The zero-order valence-corrected chi connectivity index (χ0v) is 19.3. The summed E-state index contributed by atoms with van der Waals surface area (Å²) in [7, 11) is 3.92. The van der Waals surface area contributed by atoms with Crippen LogP contribution in [-0.2, 0) is 11.3 Å². The predicted molar refractivity (Wildman–Crippen MR) is 127 cm³/mol. The highest BCUT2D eigenvalue weighted by Crippen LogP contribution is 2.37. The van der Waals surface area contributed by atoms with Crippen molar-refractivity contribution >= 4 is 11.8 Å². The van der Waals surface area contributed by atoms with E-state index in [1.165, 1.54) is 31.5 Å². The largest absolute Gasteiger partial charge is 0.496 e. The van der Waals surface area contributed by atoms with Crippen molar-refractivity contribution in [2.75, 3.05) is 45.7 Å². The van der Waals surface area contributed by atoms with Crippen molar-refractivity contribution in [3.63, 3.8) is 0 Å². The summed E-state index contributed by atoms with van der Waals surface area (Å²) in [5, 5.41) is 2.82. The highest BCUT2D eigenvalue weighted by molar-refractivity contribution is 5.85. The van der Waals surface area contributed by atoms with E-state index >= 15 is 0 Å². The Labute approximate surface area is 191 Å². The number of nitrogens with one attached hydrogen (secondary N) is 1. The molecule has 2 aromatic rings. The summed E-state index contributed by atoms with van der Waals surface area (Å²) in [5.41, 5.74) is 2.88. The molecule has 0 atom stereocenters. The Balaban J connectivity index is 1.31. The zero-order chi connectivity index (χ0) is 22.3. The van der Waals surface area contributed by atoms with Gasteiger partial charge in [-0.3, -0.25) is 5.32 Å². The Kier molecular flexibility index (Phi) is 7.66. The van der Waals surface area contributed by atoms with Crippen LogP contribution in [-0.4, -0.2) is 62.3 Å². The van der Waals surface area contributed by atoms with Crippen LogP contribution < -0.4 is 10.1 Å². The van der Waals surface area contributed by atoms with Gasteiger partial charge in [0.25, 0.3) is 0 Å². The molecule has 1 N–H and O–H groups in total. The fraction of sp³-hybridized carbons (Fsp3) is 0.500. The van der Waals surface area contributed by atoms with Crippen LogP contribution in [0.5, 0.6) is 5.75 Å². The smallest absolute Gasteiger partial charge is 0.411 e. The van der Waals surface area contributed by atoms with Crippen LogP contribution in [0.1, 0.15) is 42.7 Å². The number of amides is 1. The summed E-state index contributed by atoms with van der Waals surface area (Å²) in [6.07, 6.45) is 4.40. The van der Waals surface area contributed by atoms with Crippen molar-refractivity contribution in [2.45, 2.75) is 44.2 Å². The Morgan fingerprint density at radius 2 is 1.72 bits per heavy atom. The molecule has 1 amide bonds. The van der Waals surface area contributed by atoms with Crippen molar-refractivity contribution in [1.29, 1.82) is 0 Å². The number of hydrogen-bond acceptors (Lipinski definition) is 5. The first-order valence-corrected chi connectivity index (χ1v) is 11.7. The summed E-state index contributed by atoms with van der Waals surface area (Å²) >= 11 is 0. The first kappa shape index (κ1) is 22.6. The topological polar surface area (TPSA) is 54.0 Å². The average molecular weight is 438 g/mol. The molecule has 32 heavy (non-hydrogen) atoms. The van der Waals surface area contributed by atoms with Gasteiger partial charge in [-0.25, -0.2) is 4.79 Å². The molecular formula is C26H35N3O3. The predicted octanol–water partition coefficient (Wildman–Crippen LogP) is 4.72. The number of piperidine rings is 2. The van der Waals surface area contributed by atoms with Crippen LogP contribution in [0, 0.1) is 0 Å². The zero-order valence-electron chi connectivity index (χ0n) is 19.3. The number of carbonyl (C=O) groups excluding carboxylic acids is 1. The standard InChI is InChI=1S/C26H35N3O3/c1-28-14-12-23(13-15-28)29-16-10-21(11-17-29)24-9-8-22(18-25(24)31-2)27-26(30)32-19-20-6-4-3-5-7-20/h3-9,18,21,23H,10-17,19H2,1-2H3,(H,27,30). The van der Waals surface area contributed by atoms with Crippen LogP contribution in [0.15, 0.2) is 48.5 Å². The normalized spacial score (nSPS) is 18.9. The second-order valence-electron chi connectivity index (χ2n) is 8.99. The van der Waals surface area contributed by atoms with E-state index in [0.717, 1.165) is 43.3 Å². The minimum atomic E-state index is -0.463. The fourth-order valence-electron chi connectivity index (χ4n) is 4.94. The number of rotatable bonds is 6. The second kappa shape index (κ2) is 10.8. The Morgan fingerprint density at radius 3 is 2.41 bits per heavy atom. The molecule has 0 saturated carbocycles. The maximum absolute atomic E-state index is 12.2. The van der Waals surface area contributed by atoms with Crippen molar-refractivity contribution in [2.24, 2.45) is 0 Å². The number of hydrogen-bond donors (Lipinski definition) is 1. The van der Waals surface area contributed by atoms with Crippen LogP contribution in [0.25, 0.3) is 0 Å². The molecule has 0 radical (unpaired) electrons. The minimum absolute atomic E-state index is 0.248. The van der Waals surface area contributed by atoms with Crippen molar-refractivity contribution in [3.05, 3.63) is 59.7 Å². The molecule has 2 aromatic carbocycles. The van der Waals surface area contributed by atoms with Gasteiger partial charge < -0.3 is 19.3 Å². The molecule has 4 rings (SSSR count). The summed E-state index contributed by atoms with van der Waals surface area (Å²) in [5.74, 6) is 1.33. The van der Waals surface area contributed by atoms with Gasteiger partial charge in [0, 0.05) is 17.8 Å². The van der Waals surface area contributed by atoms with Crippen molar-refractivity contribution in [1.82, 2.24) is 9.80 Å². The average Bonchev–Trinajstić information content (AvgIpc) is 2.84. The third-order valence-corrected chi connectivity index (χ3v) is 6.87. The van der Waals surface area contributed by atoms with E-state index in [4.69, 9.17) is 9.47 Å². The molecule has 0 aliphatic carbocycles. The van der Waals surface area contributed by atoms with E-state index in [9.17, 15) is 4.79 Å². The van der Waals surface area contributed by atoms with Crippen LogP contribution in [0.4, 0.5) is 10.5 Å². The lowest BCUT2D eigenvalue weighted by molar-refractivity contribution is 0.0963. The Morgan fingerprint density at radius 1 is 1.00 bits per heavy atom. The molecule has 0 bridgehead atoms. The summed E-state index contributed by atoms with van der Waals surface area (Å²) in [4.78, 5) is 17.3. The van der Waals surface area contributed by atoms with Gasteiger partial charge in [0.15, 0.2) is 0 Å². The van der Waals surface area contributed by atoms with Crippen LogP contribution in [0.2, 0.25) is 0 Å². The monoisotopic (exact) mass is 437 g/mol. The van der Waals surface area contributed by atoms with Gasteiger partial charge in [-0.05, 0) is 82.0 Å². The van der Waals surface area contributed by atoms with Crippen LogP contribution in [0.3, 0.4) is 0 Å². The number of carbonyl (C=O) groups is 1. The number of anilines is 1. The fourth-order valence-corrected chi connectivity index (χ4v) is 4.94. The number of likely N-dealkylation sites (tertiary alicyclic amines) is 2. The molecule has 2 aliphatic rings. The van der Waals surface area contributed by atoms with Gasteiger partial charge in [0.1, 0.15) is 12.4 Å². The number of methoxy groups -OCH3 is 1. The van der Waals surface area contributed by atoms with Gasteiger partial charge in [0.05, 0.1) is 7.11 Å². The first-order chi connectivity index (χ1) is 15.6. The van der Waals surface area contributed by atoms with E-state index in [1.807, 2.05) is 42.5 Å². The van der Waals surface area contributed by atoms with Crippen molar-refractivity contribution < 1.29 is 14.3 Å². The molecule has 172 valence electrons. The lowest BCUT2D eigenvalue weighted by atomic mass is 9.87. The molecule has 2 fully saturated rings. The van der Waals surface area contributed by atoms with Gasteiger partial charge in [-0.2, -0.15) is 0 Å². The quantitative estimate of drug-likeness (QED) is 0.709. The van der Waals surface area contributed by atoms with Gasteiger partial charge in [-0.1, -0.05) is 36.4 Å². The number of ether oxygens (including phenoxy) is 2. The molecule has 2 heterocycles. The lowest BCUT2D eigenvalue weighted by Gasteiger charge is -2.41. The highest BCUT2D eigenvalue weighted by Gasteiger charge is 2.29. The second-order valence-corrected chi connectivity index (χ2v) is 8.99. The van der Waals surface area contributed by atoms with E-state index < -0.39 is 6.09 Å². The van der Waals surface area contributed by atoms with Crippen LogP contribution >= 0.6 is 0 Å². The molecule has 0 spiro atoms. The molecule has 2 saturated heterocycles. The molecule has 0 unspecified atom stereocenters. The SMILES string of the molecule is COc1cc(NC(=O)OCc2ccccc2)ccc1C1CCN(C2CCN(C)CC2)CC1. The lowest BCUT2D eigenvalue weighted by Crippen LogP contribution is -2.46. The summed E-state index contributed by atoms with van der Waals surface area (Å²) in [6, 6.07) is 16.4. The maximum atomic E-state index is 12.2. The number of benzene rings is 2. The van der Waals surface area contributed by atoms with Gasteiger partial charge in [-0.15, -0.1) is 0 Å². The third-order valence-electron chi connectivity index (χ3n) is 6.87. The molecule has 2 aliphatic heterocycles. The van der Waals surface area contributed by atoms with E-state index in [0.29, 0.717) is 11.6 Å². The van der Waals surface area contributed by atoms with E-state index in [1.54, 1.807) is 7.11 Å².